The summed E-state index contributed by atoms with van der Waals surface area (Å²) in [6.07, 6.45) is 2.70. The van der Waals surface area contributed by atoms with Gasteiger partial charge in [-0.3, -0.25) is 4.99 Å². The van der Waals surface area contributed by atoms with E-state index in [0.29, 0.717) is 11.8 Å². The molecular weight excluding hydrogens is 515 g/mol. The number of ether oxygens (including phenoxy) is 2. The summed E-state index contributed by atoms with van der Waals surface area (Å²) < 4.78 is 11.4. The van der Waals surface area contributed by atoms with Crippen LogP contribution in [0, 0.1) is 0 Å². The second-order valence-electron chi connectivity index (χ2n) is 5.53. The second-order valence-corrected chi connectivity index (χ2v) is 6.38. The van der Waals surface area contributed by atoms with Gasteiger partial charge in [-0.05, 0) is 29.3 Å². The quantitative estimate of drug-likeness (QED) is 0.244. The summed E-state index contributed by atoms with van der Waals surface area (Å²) in [5, 5.41) is 3.40. The average Bonchev–Trinajstić information content (AvgIpc) is 2.65. The number of nitrogens with one attached hydrogen (secondary N) is 1. The molecule has 0 amide bonds. The van der Waals surface area contributed by atoms with E-state index in [4.69, 9.17) is 9.47 Å². The third-order valence-electron chi connectivity index (χ3n) is 3.92. The monoisotopic (exact) mass is 542 g/mol. The molecule has 148 valence electrons. The summed E-state index contributed by atoms with van der Waals surface area (Å²) in [5.41, 5.74) is 0. The number of guanidine groups is 1. The zero-order valence-electron chi connectivity index (χ0n) is 15.6. The summed E-state index contributed by atoms with van der Waals surface area (Å²) in [6.45, 7) is 7.82. The number of aromatic nitrogens is 2. The van der Waals surface area contributed by atoms with Gasteiger partial charge >= 0.3 is 0 Å². The first-order valence-corrected chi connectivity index (χ1v) is 9.33. The maximum atomic E-state index is 5.36. The lowest BCUT2D eigenvalue weighted by molar-refractivity contribution is 0.145. The van der Waals surface area contributed by atoms with Gasteiger partial charge in [-0.25, -0.2) is 4.98 Å². The van der Waals surface area contributed by atoms with Crippen molar-refractivity contribution in [3.05, 3.63) is 10.7 Å². The van der Waals surface area contributed by atoms with E-state index in [1.807, 2.05) is 14.0 Å². The number of hydrogen-bond acceptors (Lipinski definition) is 6. The van der Waals surface area contributed by atoms with Gasteiger partial charge in [-0.1, -0.05) is 0 Å². The summed E-state index contributed by atoms with van der Waals surface area (Å²) in [4.78, 5) is 17.6. The van der Waals surface area contributed by atoms with Crippen molar-refractivity contribution in [3.8, 4) is 5.88 Å². The highest BCUT2D eigenvalue weighted by Crippen LogP contribution is 2.23. The van der Waals surface area contributed by atoms with Gasteiger partial charge in [0.05, 0.1) is 17.8 Å². The van der Waals surface area contributed by atoms with E-state index >= 15 is 0 Å². The standard InChI is InChI=1S/C16H27BrN6O2.HI/c1-4-25-11-5-6-19-15(18-2)22-7-9-23(10-8-22)16-20-12-13(17)14(21-16)24-3;/h12H,4-11H2,1-3H3,(H,18,19);1H. The normalized spacial score (nSPS) is 14.8. The smallest absolute Gasteiger partial charge is 0.232 e. The van der Waals surface area contributed by atoms with Crippen LogP contribution in [0.5, 0.6) is 5.88 Å². The maximum absolute atomic E-state index is 5.36. The van der Waals surface area contributed by atoms with E-state index in [-0.39, 0.29) is 24.0 Å². The zero-order valence-corrected chi connectivity index (χ0v) is 19.5. The topological polar surface area (TPSA) is 75.1 Å². The minimum atomic E-state index is 0. The van der Waals surface area contributed by atoms with Crippen LogP contribution in [0.3, 0.4) is 0 Å². The first kappa shape index (κ1) is 23.2. The van der Waals surface area contributed by atoms with Crippen molar-refractivity contribution in [3.63, 3.8) is 0 Å². The van der Waals surface area contributed by atoms with Crippen molar-refractivity contribution >= 4 is 51.8 Å². The van der Waals surface area contributed by atoms with Gasteiger partial charge in [0.1, 0.15) is 0 Å². The highest BCUT2D eigenvalue weighted by atomic mass is 127. The first-order chi connectivity index (χ1) is 12.2. The molecule has 0 atom stereocenters. The summed E-state index contributed by atoms with van der Waals surface area (Å²) >= 11 is 3.38. The van der Waals surface area contributed by atoms with Crippen LogP contribution >= 0.6 is 39.9 Å². The fourth-order valence-corrected chi connectivity index (χ4v) is 2.96. The summed E-state index contributed by atoms with van der Waals surface area (Å²) in [7, 11) is 3.43. The third kappa shape index (κ3) is 6.69. The van der Waals surface area contributed by atoms with Gasteiger partial charge in [0.25, 0.3) is 0 Å². The lowest BCUT2D eigenvalue weighted by atomic mass is 10.3. The predicted octanol–water partition coefficient (Wildman–Crippen LogP) is 1.99. The number of nitrogens with zero attached hydrogens (tertiary/aromatic N) is 5. The Morgan fingerprint density at radius 1 is 1.35 bits per heavy atom. The minimum absolute atomic E-state index is 0. The van der Waals surface area contributed by atoms with Crippen molar-refractivity contribution in [1.82, 2.24) is 20.2 Å². The van der Waals surface area contributed by atoms with Crippen molar-refractivity contribution in [1.29, 1.82) is 0 Å². The Kier molecular flexibility index (Phi) is 11.1. The minimum Gasteiger partial charge on any atom is -0.480 e. The van der Waals surface area contributed by atoms with E-state index in [1.54, 1.807) is 13.3 Å². The van der Waals surface area contributed by atoms with Gasteiger partial charge in [-0.2, -0.15) is 4.98 Å². The number of anilines is 1. The molecule has 2 rings (SSSR count). The molecule has 1 aromatic rings. The van der Waals surface area contributed by atoms with Crippen molar-refractivity contribution < 1.29 is 9.47 Å². The van der Waals surface area contributed by atoms with Crippen LogP contribution in [0.15, 0.2) is 15.7 Å². The van der Waals surface area contributed by atoms with E-state index in [2.05, 4.69) is 46.0 Å². The molecule has 0 unspecified atom stereocenters. The van der Waals surface area contributed by atoms with Crippen LogP contribution in [0.1, 0.15) is 13.3 Å². The van der Waals surface area contributed by atoms with Crippen LogP contribution in [0.25, 0.3) is 0 Å². The van der Waals surface area contributed by atoms with Gasteiger partial charge in [0.15, 0.2) is 5.96 Å². The number of piperazine rings is 1. The fourth-order valence-electron chi connectivity index (χ4n) is 2.61. The molecule has 1 saturated heterocycles. The number of rotatable bonds is 7. The number of hydrogen-bond donors (Lipinski definition) is 1. The molecule has 26 heavy (non-hydrogen) atoms. The molecule has 1 aliphatic rings. The molecular formula is C16H28BrIN6O2. The number of aliphatic imine (C=N–C) groups is 1. The first-order valence-electron chi connectivity index (χ1n) is 8.54. The SMILES string of the molecule is CCOCCCNC(=NC)N1CCN(c2ncc(Br)c(OC)n2)CC1.I. The fraction of sp³-hybridized carbons (Fsp3) is 0.688. The molecule has 1 fully saturated rings. The Labute approximate surface area is 180 Å². The Balaban J connectivity index is 0.00000338. The number of halogens is 2. The molecule has 1 N–H and O–H groups in total. The molecule has 0 bridgehead atoms. The molecule has 0 aromatic carbocycles. The van der Waals surface area contributed by atoms with E-state index in [1.165, 1.54) is 0 Å². The molecule has 1 aromatic heterocycles. The number of methoxy groups -OCH3 is 1. The van der Waals surface area contributed by atoms with Crippen molar-refractivity contribution in [2.45, 2.75) is 13.3 Å². The van der Waals surface area contributed by atoms with Crippen LogP contribution in [0.2, 0.25) is 0 Å². The van der Waals surface area contributed by atoms with Crippen molar-refractivity contribution in [2.24, 2.45) is 4.99 Å². The van der Waals surface area contributed by atoms with Crippen LogP contribution in [0.4, 0.5) is 5.95 Å². The highest BCUT2D eigenvalue weighted by Gasteiger charge is 2.22. The molecule has 1 aliphatic heterocycles. The average molecular weight is 543 g/mol. The lowest BCUT2D eigenvalue weighted by Crippen LogP contribution is -2.53. The summed E-state index contributed by atoms with van der Waals surface area (Å²) in [5.74, 6) is 2.18. The molecule has 0 aliphatic carbocycles. The summed E-state index contributed by atoms with van der Waals surface area (Å²) in [6, 6.07) is 0. The lowest BCUT2D eigenvalue weighted by Gasteiger charge is -2.36. The molecule has 0 spiro atoms. The van der Waals surface area contributed by atoms with Crippen molar-refractivity contribution in [2.75, 3.05) is 65.0 Å². The van der Waals surface area contributed by atoms with Crippen LogP contribution in [-0.2, 0) is 4.74 Å². The second kappa shape index (κ2) is 12.5. The van der Waals surface area contributed by atoms with Gasteiger partial charge in [-0.15, -0.1) is 24.0 Å². The molecule has 2 heterocycles. The van der Waals surface area contributed by atoms with E-state index in [9.17, 15) is 0 Å². The maximum Gasteiger partial charge on any atom is 0.232 e. The van der Waals surface area contributed by atoms with Gasteiger partial charge in [0.2, 0.25) is 11.8 Å². The predicted molar refractivity (Wildman–Crippen MR) is 118 cm³/mol. The molecule has 8 nitrogen and oxygen atoms in total. The molecule has 0 radical (unpaired) electrons. The molecule has 0 saturated carbocycles. The Hall–Kier alpha value is -0.880. The Morgan fingerprint density at radius 2 is 2.08 bits per heavy atom. The van der Waals surface area contributed by atoms with E-state index < -0.39 is 0 Å². The van der Waals surface area contributed by atoms with Crippen LogP contribution in [-0.4, -0.2) is 80.9 Å². The van der Waals surface area contributed by atoms with E-state index in [0.717, 1.165) is 62.8 Å². The Morgan fingerprint density at radius 3 is 2.69 bits per heavy atom. The van der Waals surface area contributed by atoms with Gasteiger partial charge < -0.3 is 24.6 Å². The van der Waals surface area contributed by atoms with Gasteiger partial charge in [0, 0.05) is 53.0 Å². The zero-order chi connectivity index (χ0) is 18.1. The van der Waals surface area contributed by atoms with Crippen LogP contribution < -0.4 is 15.0 Å². The Bertz CT molecular complexity index is 570. The third-order valence-corrected chi connectivity index (χ3v) is 4.46. The highest BCUT2D eigenvalue weighted by molar-refractivity contribution is 14.0. The largest absolute Gasteiger partial charge is 0.480 e. The molecule has 10 heteroatoms.